The van der Waals surface area contributed by atoms with Gasteiger partial charge in [-0.3, -0.25) is 0 Å². The van der Waals surface area contributed by atoms with E-state index >= 15 is 0 Å². The molecule has 1 fully saturated rings. The average Bonchev–Trinajstić information content (AvgIpc) is 3.11. The van der Waals surface area contributed by atoms with Crippen LogP contribution in [0.5, 0.6) is 0 Å². The van der Waals surface area contributed by atoms with Crippen molar-refractivity contribution in [3.8, 4) is 11.3 Å². The maximum absolute atomic E-state index is 6.05. The Bertz CT molecular complexity index is 1220. The topological polar surface area (TPSA) is 36.7 Å². The highest BCUT2D eigenvalue weighted by Crippen LogP contribution is 2.29. The summed E-state index contributed by atoms with van der Waals surface area (Å²) in [6.07, 6.45) is 0. The van der Waals surface area contributed by atoms with Gasteiger partial charge in [0, 0.05) is 59.8 Å². The first kappa shape index (κ1) is 19.9. The summed E-state index contributed by atoms with van der Waals surface area (Å²) in [5.74, 6) is 1.11. The maximum atomic E-state index is 6.05. The van der Waals surface area contributed by atoms with Gasteiger partial charge in [0.05, 0.1) is 5.69 Å². The average molecular weight is 432 g/mol. The molecular formula is C25H26ClN5. The second-order valence-corrected chi connectivity index (χ2v) is 8.72. The number of fused-ring (bicyclic) bond motifs is 1. The molecule has 2 aromatic heterocycles. The highest BCUT2D eigenvalue weighted by molar-refractivity contribution is 6.30. The van der Waals surface area contributed by atoms with E-state index < -0.39 is 0 Å². The number of anilines is 2. The van der Waals surface area contributed by atoms with E-state index in [1.54, 1.807) is 0 Å². The van der Waals surface area contributed by atoms with Crippen molar-refractivity contribution < 1.29 is 0 Å². The van der Waals surface area contributed by atoms with Crippen molar-refractivity contribution in [2.45, 2.75) is 20.8 Å². The van der Waals surface area contributed by atoms with Crippen LogP contribution in [0.25, 0.3) is 16.9 Å². The maximum Gasteiger partial charge on any atom is 0.161 e. The summed E-state index contributed by atoms with van der Waals surface area (Å²) in [6, 6.07) is 18.8. The molecule has 5 nitrogen and oxygen atoms in total. The molecule has 5 rings (SSSR count). The molecule has 0 amide bonds. The zero-order chi connectivity index (χ0) is 21.5. The van der Waals surface area contributed by atoms with Crippen molar-refractivity contribution in [3.63, 3.8) is 0 Å². The van der Waals surface area contributed by atoms with Crippen molar-refractivity contribution in [2.24, 2.45) is 0 Å². The monoisotopic (exact) mass is 431 g/mol. The largest absolute Gasteiger partial charge is 0.368 e. The highest BCUT2D eigenvalue weighted by atomic mass is 35.5. The van der Waals surface area contributed by atoms with Gasteiger partial charge in [-0.2, -0.15) is 9.61 Å². The first-order chi connectivity index (χ1) is 15.0. The van der Waals surface area contributed by atoms with Crippen LogP contribution in [0.4, 0.5) is 11.5 Å². The minimum absolute atomic E-state index is 0.774. The van der Waals surface area contributed by atoms with Gasteiger partial charge in [0.25, 0.3) is 0 Å². The predicted octanol–water partition coefficient (Wildman–Crippen LogP) is 5.30. The number of nitrogens with zero attached hydrogens (tertiary/aromatic N) is 5. The van der Waals surface area contributed by atoms with Crippen LogP contribution in [0.2, 0.25) is 5.02 Å². The summed E-state index contributed by atoms with van der Waals surface area (Å²) in [5, 5.41) is 5.77. The fourth-order valence-corrected chi connectivity index (χ4v) is 4.41. The van der Waals surface area contributed by atoms with E-state index in [1.807, 2.05) is 16.6 Å². The van der Waals surface area contributed by atoms with Crippen LogP contribution in [-0.2, 0) is 0 Å². The number of hydrogen-bond acceptors (Lipinski definition) is 4. The quantitative estimate of drug-likeness (QED) is 0.441. The Labute approximate surface area is 187 Å². The lowest BCUT2D eigenvalue weighted by atomic mass is 10.1. The molecule has 0 bridgehead atoms. The van der Waals surface area contributed by atoms with Crippen molar-refractivity contribution in [2.75, 3.05) is 36.0 Å². The number of rotatable bonds is 3. The molecular weight excluding hydrogens is 406 g/mol. The lowest BCUT2D eigenvalue weighted by molar-refractivity contribution is 0.638. The second kappa shape index (κ2) is 7.89. The Balaban J connectivity index is 1.47. The summed E-state index contributed by atoms with van der Waals surface area (Å²) in [6.45, 7) is 10.1. The third-order valence-corrected chi connectivity index (χ3v) is 6.30. The second-order valence-electron chi connectivity index (χ2n) is 8.28. The summed E-state index contributed by atoms with van der Waals surface area (Å²) < 4.78 is 2.02. The first-order valence-electron chi connectivity index (χ1n) is 10.7. The molecule has 6 heteroatoms. The Kier molecular flexibility index (Phi) is 5.06. The van der Waals surface area contributed by atoms with E-state index in [4.69, 9.17) is 21.7 Å². The molecule has 158 valence electrons. The molecule has 0 atom stereocenters. The number of aryl methyl sites for hydroxylation is 3. The van der Waals surface area contributed by atoms with Crippen LogP contribution in [0.15, 0.2) is 54.6 Å². The molecule has 0 N–H and O–H groups in total. The predicted molar refractivity (Wildman–Crippen MR) is 129 cm³/mol. The molecule has 0 spiro atoms. The van der Waals surface area contributed by atoms with Crippen LogP contribution in [-0.4, -0.2) is 40.8 Å². The molecule has 0 unspecified atom stereocenters. The molecule has 0 radical (unpaired) electrons. The Hall–Kier alpha value is -3.05. The Morgan fingerprint density at radius 1 is 0.806 bits per heavy atom. The molecule has 1 saturated heterocycles. The van der Waals surface area contributed by atoms with Crippen molar-refractivity contribution in [1.82, 2.24) is 14.6 Å². The van der Waals surface area contributed by atoms with E-state index in [2.05, 4.69) is 73.0 Å². The molecule has 31 heavy (non-hydrogen) atoms. The summed E-state index contributed by atoms with van der Waals surface area (Å²) >= 11 is 6.05. The van der Waals surface area contributed by atoms with E-state index in [0.717, 1.165) is 65.2 Å². The van der Waals surface area contributed by atoms with Gasteiger partial charge in [-0.05, 0) is 45.0 Å². The van der Waals surface area contributed by atoms with E-state index in [9.17, 15) is 0 Å². The zero-order valence-corrected chi connectivity index (χ0v) is 18.9. The van der Waals surface area contributed by atoms with Gasteiger partial charge in [-0.25, -0.2) is 4.98 Å². The molecule has 0 aliphatic carbocycles. The van der Waals surface area contributed by atoms with Gasteiger partial charge in [-0.1, -0.05) is 41.4 Å². The lowest BCUT2D eigenvalue weighted by Crippen LogP contribution is -2.47. The number of hydrogen-bond donors (Lipinski definition) is 0. The van der Waals surface area contributed by atoms with Crippen LogP contribution in [0, 0.1) is 20.8 Å². The number of benzene rings is 2. The normalized spacial score (nSPS) is 14.5. The van der Waals surface area contributed by atoms with Gasteiger partial charge in [0.1, 0.15) is 5.82 Å². The minimum Gasteiger partial charge on any atom is -0.368 e. The van der Waals surface area contributed by atoms with Gasteiger partial charge in [0.15, 0.2) is 5.65 Å². The SMILES string of the molecule is Cc1ccc(-c2nn3c(N4CCN(c5ccc(Cl)cc5)CC4)cc(C)nc3c2C)cc1. The van der Waals surface area contributed by atoms with Gasteiger partial charge >= 0.3 is 0 Å². The van der Waals surface area contributed by atoms with E-state index in [-0.39, 0.29) is 0 Å². The molecule has 3 heterocycles. The van der Waals surface area contributed by atoms with E-state index in [0.29, 0.717) is 0 Å². The lowest BCUT2D eigenvalue weighted by Gasteiger charge is -2.37. The van der Waals surface area contributed by atoms with Gasteiger partial charge < -0.3 is 9.80 Å². The summed E-state index contributed by atoms with van der Waals surface area (Å²) in [5.41, 5.74) is 7.67. The number of halogens is 1. The molecule has 0 saturated carbocycles. The zero-order valence-electron chi connectivity index (χ0n) is 18.1. The van der Waals surface area contributed by atoms with Gasteiger partial charge in [-0.15, -0.1) is 0 Å². The number of piperazine rings is 1. The molecule has 1 aliphatic rings. The van der Waals surface area contributed by atoms with Crippen LogP contribution in [0.1, 0.15) is 16.8 Å². The molecule has 2 aromatic carbocycles. The third kappa shape index (κ3) is 3.74. The van der Waals surface area contributed by atoms with Crippen LogP contribution < -0.4 is 9.80 Å². The summed E-state index contributed by atoms with van der Waals surface area (Å²) in [4.78, 5) is 9.64. The number of aromatic nitrogens is 3. The molecule has 1 aliphatic heterocycles. The van der Waals surface area contributed by atoms with Crippen molar-refractivity contribution >= 4 is 28.8 Å². The van der Waals surface area contributed by atoms with Gasteiger partial charge in [0.2, 0.25) is 0 Å². The van der Waals surface area contributed by atoms with Crippen LogP contribution in [0.3, 0.4) is 0 Å². The van der Waals surface area contributed by atoms with Crippen LogP contribution >= 0.6 is 11.6 Å². The highest BCUT2D eigenvalue weighted by Gasteiger charge is 2.22. The van der Waals surface area contributed by atoms with Crippen molar-refractivity contribution in [1.29, 1.82) is 0 Å². The van der Waals surface area contributed by atoms with Crippen molar-refractivity contribution in [3.05, 3.63) is 76.4 Å². The summed E-state index contributed by atoms with van der Waals surface area (Å²) in [7, 11) is 0. The van der Waals surface area contributed by atoms with E-state index in [1.165, 1.54) is 11.3 Å². The Morgan fingerprint density at radius 3 is 2.13 bits per heavy atom. The fraction of sp³-hybridized carbons (Fsp3) is 0.280. The Morgan fingerprint density at radius 2 is 1.45 bits per heavy atom. The first-order valence-corrected chi connectivity index (χ1v) is 11.1. The fourth-order valence-electron chi connectivity index (χ4n) is 4.28. The standard InChI is InChI=1S/C25H26ClN5/c1-17-4-6-20(7-5-17)24-19(3)25-27-18(2)16-23(31(25)28-24)30-14-12-29(13-15-30)22-10-8-21(26)9-11-22/h4-11,16H,12-15H2,1-3H3. The third-order valence-electron chi connectivity index (χ3n) is 6.05. The molecule has 4 aromatic rings. The smallest absolute Gasteiger partial charge is 0.161 e. The minimum atomic E-state index is 0.774.